The Balaban J connectivity index is 1.72. The van der Waals surface area contributed by atoms with E-state index < -0.39 is 23.8 Å². The van der Waals surface area contributed by atoms with Crippen molar-refractivity contribution in [3.05, 3.63) is 64.5 Å². The summed E-state index contributed by atoms with van der Waals surface area (Å²) in [6.45, 7) is 4.01. The van der Waals surface area contributed by atoms with Crippen LogP contribution >= 0.6 is 0 Å². The average molecular weight is 345 g/mol. The van der Waals surface area contributed by atoms with Crippen LogP contribution in [-0.2, 0) is 6.42 Å². The number of nitrogens with zero attached hydrogens (tertiary/aromatic N) is 1. The van der Waals surface area contributed by atoms with Gasteiger partial charge in [-0.1, -0.05) is 6.07 Å². The predicted octanol–water partition coefficient (Wildman–Crippen LogP) is 3.45. The van der Waals surface area contributed by atoms with Crippen LogP contribution in [0.5, 0.6) is 0 Å². The number of halogens is 2. The zero-order chi connectivity index (χ0) is 18.1. The largest absolute Gasteiger partial charge is 0.384 e. The zero-order valence-electron chi connectivity index (χ0n) is 14.2. The van der Waals surface area contributed by atoms with Gasteiger partial charge in [-0.05, 0) is 61.6 Å². The van der Waals surface area contributed by atoms with Crippen molar-refractivity contribution in [2.24, 2.45) is 5.73 Å². The molecule has 3 aromatic rings. The predicted molar refractivity (Wildman–Crippen MR) is 93.2 cm³/mol. The number of nitrogens with two attached hydrogens (primary N) is 1. The molecule has 3 rings (SSSR count). The number of aryl methyl sites for hydroxylation is 3. The van der Waals surface area contributed by atoms with Crippen molar-refractivity contribution in [3.8, 4) is 0 Å². The van der Waals surface area contributed by atoms with Crippen LogP contribution in [0.2, 0.25) is 0 Å². The third-order valence-electron chi connectivity index (χ3n) is 4.56. The maximum atomic E-state index is 13.7. The van der Waals surface area contributed by atoms with Crippen molar-refractivity contribution >= 4 is 11.0 Å². The van der Waals surface area contributed by atoms with Gasteiger partial charge < -0.3 is 15.8 Å². The third-order valence-corrected chi connectivity index (χ3v) is 4.56. The molecular formula is C19H21F2N3O. The Morgan fingerprint density at radius 3 is 2.60 bits per heavy atom. The highest BCUT2D eigenvalue weighted by molar-refractivity contribution is 5.77. The van der Waals surface area contributed by atoms with Gasteiger partial charge in [-0.15, -0.1) is 0 Å². The average Bonchev–Trinajstić information content (AvgIpc) is 2.96. The molecule has 0 spiro atoms. The number of H-pyrrole nitrogens is 1. The van der Waals surface area contributed by atoms with Crippen LogP contribution in [0.25, 0.3) is 11.0 Å². The number of benzene rings is 2. The van der Waals surface area contributed by atoms with Crippen molar-refractivity contribution < 1.29 is 13.9 Å². The summed E-state index contributed by atoms with van der Waals surface area (Å²) in [7, 11) is 0. The van der Waals surface area contributed by atoms with Gasteiger partial charge in [-0.3, -0.25) is 0 Å². The number of hydrogen-bond donors (Lipinski definition) is 3. The first-order valence-corrected chi connectivity index (χ1v) is 8.19. The molecule has 2 atom stereocenters. The second-order valence-corrected chi connectivity index (χ2v) is 6.46. The minimum absolute atomic E-state index is 0.308. The lowest BCUT2D eigenvalue weighted by atomic mass is 10.0. The molecule has 4 N–H and O–H groups in total. The number of nitrogens with one attached hydrogen (secondary N) is 1. The third kappa shape index (κ3) is 3.70. The molecule has 0 bridgehead atoms. The summed E-state index contributed by atoms with van der Waals surface area (Å²) in [6, 6.07) is 6.78. The van der Waals surface area contributed by atoms with E-state index in [9.17, 15) is 13.9 Å². The molecule has 25 heavy (non-hydrogen) atoms. The number of aromatic amines is 1. The number of aliphatic hydroxyl groups excluding tert-OH is 1. The zero-order valence-corrected chi connectivity index (χ0v) is 14.2. The number of rotatable bonds is 5. The fourth-order valence-electron chi connectivity index (χ4n) is 2.84. The second-order valence-electron chi connectivity index (χ2n) is 6.46. The summed E-state index contributed by atoms with van der Waals surface area (Å²) < 4.78 is 26.6. The van der Waals surface area contributed by atoms with Crippen molar-refractivity contribution in [3.63, 3.8) is 0 Å². The molecule has 2 aromatic carbocycles. The van der Waals surface area contributed by atoms with Crippen molar-refractivity contribution in [2.75, 3.05) is 0 Å². The van der Waals surface area contributed by atoms with Crippen LogP contribution in [0.3, 0.4) is 0 Å². The Hall–Kier alpha value is -2.31. The van der Waals surface area contributed by atoms with Crippen LogP contribution < -0.4 is 5.73 Å². The summed E-state index contributed by atoms with van der Waals surface area (Å²) in [5.41, 5.74) is 10.3. The van der Waals surface area contributed by atoms with Crippen molar-refractivity contribution in [1.29, 1.82) is 0 Å². The molecule has 1 unspecified atom stereocenters. The molecule has 0 aliphatic rings. The monoisotopic (exact) mass is 345 g/mol. The van der Waals surface area contributed by atoms with E-state index in [1.165, 1.54) is 12.1 Å². The Morgan fingerprint density at radius 2 is 1.88 bits per heavy atom. The molecule has 0 amide bonds. The normalized spacial score (nSPS) is 14.0. The van der Waals surface area contributed by atoms with Gasteiger partial charge in [-0.2, -0.15) is 0 Å². The summed E-state index contributed by atoms with van der Waals surface area (Å²) in [6.07, 6.45) is -0.335. The molecule has 6 heteroatoms. The van der Waals surface area contributed by atoms with E-state index in [2.05, 4.69) is 9.97 Å². The fourth-order valence-corrected chi connectivity index (χ4v) is 2.84. The molecule has 0 aliphatic carbocycles. The van der Waals surface area contributed by atoms with E-state index in [1.54, 1.807) is 0 Å². The molecule has 0 radical (unpaired) electrons. The van der Waals surface area contributed by atoms with E-state index in [-0.39, 0.29) is 0 Å². The lowest BCUT2D eigenvalue weighted by Gasteiger charge is -2.17. The quantitative estimate of drug-likeness (QED) is 0.663. The second kappa shape index (κ2) is 6.90. The van der Waals surface area contributed by atoms with Gasteiger partial charge in [-0.25, -0.2) is 13.8 Å². The van der Waals surface area contributed by atoms with Crippen LogP contribution in [-0.4, -0.2) is 21.1 Å². The Labute approximate surface area is 144 Å². The Kier molecular flexibility index (Phi) is 4.83. The molecule has 0 saturated carbocycles. The molecule has 1 heterocycles. The first-order chi connectivity index (χ1) is 11.8. The van der Waals surface area contributed by atoms with E-state index in [1.807, 2.05) is 26.0 Å². The van der Waals surface area contributed by atoms with Gasteiger partial charge in [0.15, 0.2) is 0 Å². The topological polar surface area (TPSA) is 74.9 Å². The molecule has 0 saturated heterocycles. The minimum Gasteiger partial charge on any atom is -0.384 e. The first kappa shape index (κ1) is 17.5. The Bertz CT molecular complexity index is 868. The van der Waals surface area contributed by atoms with Crippen LogP contribution in [0, 0.1) is 25.5 Å². The van der Waals surface area contributed by atoms with Crippen molar-refractivity contribution in [1.82, 2.24) is 9.97 Å². The summed E-state index contributed by atoms with van der Waals surface area (Å²) in [5, 5.41) is 10.4. The lowest BCUT2D eigenvalue weighted by Crippen LogP contribution is -2.29. The summed E-state index contributed by atoms with van der Waals surface area (Å²) in [5.74, 6) is -0.818. The molecular weight excluding hydrogens is 324 g/mol. The van der Waals surface area contributed by atoms with E-state index in [0.717, 1.165) is 28.2 Å². The number of aromatic nitrogens is 2. The van der Waals surface area contributed by atoms with Crippen molar-refractivity contribution in [2.45, 2.75) is 38.8 Å². The van der Waals surface area contributed by atoms with E-state index >= 15 is 0 Å². The summed E-state index contributed by atoms with van der Waals surface area (Å²) in [4.78, 5) is 7.51. The highest BCUT2D eigenvalue weighted by Gasteiger charge is 2.21. The maximum absolute atomic E-state index is 13.7. The lowest BCUT2D eigenvalue weighted by molar-refractivity contribution is 0.134. The highest BCUT2D eigenvalue weighted by atomic mass is 19.1. The number of imidazole rings is 1. The van der Waals surface area contributed by atoms with E-state index in [4.69, 9.17) is 5.73 Å². The van der Waals surface area contributed by atoms with Crippen LogP contribution in [0.4, 0.5) is 8.78 Å². The molecule has 4 nitrogen and oxygen atoms in total. The first-order valence-electron chi connectivity index (χ1n) is 8.19. The van der Waals surface area contributed by atoms with Gasteiger partial charge in [0.1, 0.15) is 23.6 Å². The number of hydrogen-bond acceptors (Lipinski definition) is 3. The minimum atomic E-state index is -0.989. The van der Waals surface area contributed by atoms with Gasteiger partial charge in [0.05, 0.1) is 11.0 Å². The van der Waals surface area contributed by atoms with E-state index in [0.29, 0.717) is 24.2 Å². The molecule has 1 aromatic heterocycles. The highest BCUT2D eigenvalue weighted by Crippen LogP contribution is 2.23. The number of fused-ring (bicyclic) bond motifs is 1. The van der Waals surface area contributed by atoms with Gasteiger partial charge in [0.2, 0.25) is 0 Å². The van der Waals surface area contributed by atoms with Crippen LogP contribution in [0.1, 0.15) is 35.0 Å². The molecule has 0 aliphatic heterocycles. The summed E-state index contributed by atoms with van der Waals surface area (Å²) >= 11 is 0. The van der Waals surface area contributed by atoms with Gasteiger partial charge in [0, 0.05) is 12.1 Å². The Morgan fingerprint density at radius 1 is 1.16 bits per heavy atom. The fraction of sp³-hybridized carbons (Fsp3) is 0.316. The maximum Gasteiger partial charge on any atom is 0.137 e. The van der Waals surface area contributed by atoms with Gasteiger partial charge in [0.25, 0.3) is 0 Å². The molecule has 132 valence electrons. The SMILES string of the molecule is Cc1cc2nc(C(O)[C@H](N)CCc3ccc(F)cc3F)[nH]c2cc1C. The smallest absolute Gasteiger partial charge is 0.137 e. The van der Waals surface area contributed by atoms with Crippen LogP contribution in [0.15, 0.2) is 30.3 Å². The number of aliphatic hydroxyl groups is 1. The molecule has 0 fully saturated rings. The van der Waals surface area contributed by atoms with Gasteiger partial charge >= 0.3 is 0 Å². The standard InChI is InChI=1S/C19H21F2N3O/c1-10-7-16-17(8-11(10)2)24-19(23-16)18(25)15(22)6-4-12-3-5-13(20)9-14(12)21/h3,5,7-9,15,18,25H,4,6,22H2,1-2H3,(H,23,24)/t15-,18?/m1/s1.